The predicted molar refractivity (Wildman–Crippen MR) is 54.3 cm³/mol. The molecule has 1 rings (SSSR count). The second kappa shape index (κ2) is 4.20. The van der Waals surface area contributed by atoms with Crippen LogP contribution in [0.4, 0.5) is 4.39 Å². The van der Waals surface area contributed by atoms with Crippen molar-refractivity contribution in [1.29, 1.82) is 0 Å². The topological polar surface area (TPSA) is 17.1 Å². The van der Waals surface area contributed by atoms with E-state index in [0.29, 0.717) is 11.1 Å². The molecule has 0 fully saturated rings. The van der Waals surface area contributed by atoms with E-state index < -0.39 is 5.82 Å². The van der Waals surface area contributed by atoms with Crippen LogP contribution in [0.5, 0.6) is 0 Å². The lowest BCUT2D eigenvalue weighted by molar-refractivity contribution is 0.102. The van der Waals surface area contributed by atoms with E-state index in [9.17, 15) is 9.18 Å². The summed E-state index contributed by atoms with van der Waals surface area (Å²) < 4.78 is 12.9. The summed E-state index contributed by atoms with van der Waals surface area (Å²) in [4.78, 5) is 11.3. The van der Waals surface area contributed by atoms with E-state index in [2.05, 4.69) is 15.9 Å². The Morgan fingerprint density at radius 3 is 2.77 bits per heavy atom. The molecule has 4 heteroatoms. The van der Waals surface area contributed by atoms with Crippen molar-refractivity contribution in [2.75, 3.05) is 5.33 Å². The molecule has 1 nitrogen and oxygen atoms in total. The number of benzene rings is 1. The van der Waals surface area contributed by atoms with Gasteiger partial charge in [-0.05, 0) is 24.6 Å². The highest BCUT2D eigenvalue weighted by molar-refractivity contribution is 9.09. The van der Waals surface area contributed by atoms with Gasteiger partial charge in [0.1, 0.15) is 5.82 Å². The minimum Gasteiger partial charge on any atom is -0.293 e. The van der Waals surface area contributed by atoms with Crippen molar-refractivity contribution in [2.45, 2.75) is 6.92 Å². The van der Waals surface area contributed by atoms with Crippen LogP contribution in [0.25, 0.3) is 0 Å². The smallest absolute Gasteiger partial charge is 0.173 e. The third-order valence-corrected chi connectivity index (χ3v) is 2.49. The van der Waals surface area contributed by atoms with Crippen LogP contribution < -0.4 is 0 Å². The van der Waals surface area contributed by atoms with Crippen molar-refractivity contribution < 1.29 is 9.18 Å². The van der Waals surface area contributed by atoms with Crippen LogP contribution in [0.3, 0.4) is 0 Å². The number of aryl methyl sites for hydroxylation is 1. The van der Waals surface area contributed by atoms with Gasteiger partial charge in [-0.15, -0.1) is 0 Å². The highest BCUT2D eigenvalue weighted by Gasteiger charge is 2.10. The van der Waals surface area contributed by atoms with Crippen LogP contribution in [0, 0.1) is 12.7 Å². The number of Topliss-reactive ketones (excluding diaryl/α,β-unsaturated/α-hetero) is 1. The molecule has 1 aromatic carbocycles. The fraction of sp³-hybridized carbons (Fsp3) is 0.222. The van der Waals surface area contributed by atoms with E-state index >= 15 is 0 Å². The maximum absolute atomic E-state index is 12.9. The zero-order chi connectivity index (χ0) is 10.0. The fourth-order valence-corrected chi connectivity index (χ4v) is 1.48. The van der Waals surface area contributed by atoms with Gasteiger partial charge in [-0.3, -0.25) is 4.79 Å². The number of hydrogen-bond donors (Lipinski definition) is 0. The molecule has 0 bridgehead atoms. The summed E-state index contributed by atoms with van der Waals surface area (Å²) in [7, 11) is 0. The van der Waals surface area contributed by atoms with Crippen LogP contribution in [0.15, 0.2) is 12.1 Å². The molecule has 0 atom stereocenters. The molecular weight excluding hydrogens is 258 g/mol. The number of carbonyl (C=O) groups excluding carboxylic acids is 1. The molecule has 0 amide bonds. The molecule has 0 radical (unpaired) electrons. The standard InChI is InChI=1S/C9H7BrClFO/c1-5-2-8(12)7(11)3-6(5)9(13)4-10/h2-3H,4H2,1H3. The molecule has 0 saturated heterocycles. The van der Waals surface area contributed by atoms with E-state index in [0.717, 1.165) is 0 Å². The Morgan fingerprint density at radius 1 is 1.62 bits per heavy atom. The normalized spacial score (nSPS) is 10.2. The van der Waals surface area contributed by atoms with Crippen molar-refractivity contribution >= 4 is 33.3 Å². The molecule has 0 aliphatic rings. The zero-order valence-corrected chi connectivity index (χ0v) is 9.25. The Balaban J connectivity index is 3.23. The molecular formula is C9H7BrClFO. The Kier molecular flexibility index (Phi) is 3.45. The summed E-state index contributed by atoms with van der Waals surface area (Å²) in [6, 6.07) is 2.62. The van der Waals surface area contributed by atoms with Gasteiger partial charge >= 0.3 is 0 Å². The van der Waals surface area contributed by atoms with Crippen LogP contribution in [0.1, 0.15) is 15.9 Å². The van der Waals surface area contributed by atoms with Crippen molar-refractivity contribution in [1.82, 2.24) is 0 Å². The van der Waals surface area contributed by atoms with Gasteiger partial charge in [0.05, 0.1) is 10.4 Å². The molecule has 0 aliphatic heterocycles. The van der Waals surface area contributed by atoms with Crippen LogP contribution in [-0.2, 0) is 0 Å². The Labute approximate surface area is 89.0 Å². The first-order valence-electron chi connectivity index (χ1n) is 3.61. The Hall–Kier alpha value is -0.410. The van der Waals surface area contributed by atoms with Crippen molar-refractivity contribution in [3.63, 3.8) is 0 Å². The third-order valence-electron chi connectivity index (χ3n) is 1.69. The van der Waals surface area contributed by atoms with Gasteiger partial charge in [0.15, 0.2) is 5.78 Å². The number of hydrogen-bond acceptors (Lipinski definition) is 1. The molecule has 0 unspecified atom stereocenters. The van der Waals surface area contributed by atoms with E-state index in [4.69, 9.17) is 11.6 Å². The fourth-order valence-electron chi connectivity index (χ4n) is 1.02. The highest BCUT2D eigenvalue weighted by Crippen LogP contribution is 2.20. The number of carbonyl (C=O) groups is 1. The number of rotatable bonds is 2. The summed E-state index contributed by atoms with van der Waals surface area (Å²) in [5, 5.41) is 0.199. The van der Waals surface area contributed by atoms with Gasteiger partial charge in [0, 0.05) is 5.56 Å². The predicted octanol–water partition coefficient (Wildman–Crippen LogP) is 3.37. The number of halogens is 3. The largest absolute Gasteiger partial charge is 0.293 e. The van der Waals surface area contributed by atoms with Gasteiger partial charge in [-0.25, -0.2) is 4.39 Å². The zero-order valence-electron chi connectivity index (χ0n) is 6.90. The summed E-state index contributed by atoms with van der Waals surface area (Å²) in [6.07, 6.45) is 0. The van der Waals surface area contributed by atoms with Gasteiger partial charge < -0.3 is 0 Å². The van der Waals surface area contributed by atoms with Crippen LogP contribution in [0.2, 0.25) is 5.02 Å². The molecule has 0 N–H and O–H groups in total. The maximum atomic E-state index is 12.9. The second-order valence-corrected chi connectivity index (χ2v) is 3.61. The third kappa shape index (κ3) is 2.29. The molecule has 0 aliphatic carbocycles. The lowest BCUT2D eigenvalue weighted by Crippen LogP contribution is -2.03. The van der Waals surface area contributed by atoms with E-state index in [1.807, 2.05) is 0 Å². The second-order valence-electron chi connectivity index (χ2n) is 2.64. The van der Waals surface area contributed by atoms with Gasteiger partial charge in [-0.2, -0.15) is 0 Å². The Bertz CT molecular complexity index is 352. The molecule has 0 aromatic heterocycles. The summed E-state index contributed by atoms with van der Waals surface area (Å²) >= 11 is 8.59. The van der Waals surface area contributed by atoms with Crippen molar-refractivity contribution in [3.8, 4) is 0 Å². The lowest BCUT2D eigenvalue weighted by atomic mass is 10.1. The van der Waals surface area contributed by atoms with E-state index in [1.165, 1.54) is 12.1 Å². The minimum atomic E-state index is -0.495. The average Bonchev–Trinajstić information content (AvgIpc) is 2.10. The monoisotopic (exact) mass is 264 g/mol. The van der Waals surface area contributed by atoms with Crippen molar-refractivity contribution in [3.05, 3.63) is 34.1 Å². The minimum absolute atomic E-state index is 0.0186. The average molecular weight is 266 g/mol. The van der Waals surface area contributed by atoms with Gasteiger partial charge in [-0.1, -0.05) is 27.5 Å². The summed E-state index contributed by atoms with van der Waals surface area (Å²) in [5.41, 5.74) is 1.06. The van der Waals surface area contributed by atoms with Crippen LogP contribution >= 0.6 is 27.5 Å². The van der Waals surface area contributed by atoms with Crippen LogP contribution in [-0.4, -0.2) is 11.1 Å². The summed E-state index contributed by atoms with van der Waals surface area (Å²) in [6.45, 7) is 1.68. The molecule has 0 spiro atoms. The molecule has 1 aromatic rings. The molecule has 0 heterocycles. The first kappa shape index (κ1) is 10.7. The molecule has 13 heavy (non-hydrogen) atoms. The van der Waals surface area contributed by atoms with Gasteiger partial charge in [0.2, 0.25) is 0 Å². The quantitative estimate of drug-likeness (QED) is 0.592. The molecule has 0 saturated carbocycles. The Morgan fingerprint density at radius 2 is 2.23 bits per heavy atom. The van der Waals surface area contributed by atoms with E-state index in [-0.39, 0.29) is 16.1 Å². The van der Waals surface area contributed by atoms with E-state index in [1.54, 1.807) is 6.92 Å². The number of ketones is 1. The molecule has 70 valence electrons. The number of alkyl halides is 1. The van der Waals surface area contributed by atoms with Crippen molar-refractivity contribution in [2.24, 2.45) is 0 Å². The maximum Gasteiger partial charge on any atom is 0.173 e. The lowest BCUT2D eigenvalue weighted by Gasteiger charge is -2.03. The first-order chi connectivity index (χ1) is 6.06. The SMILES string of the molecule is Cc1cc(F)c(Cl)cc1C(=O)CBr. The van der Waals surface area contributed by atoms with Gasteiger partial charge in [0.25, 0.3) is 0 Å². The highest BCUT2D eigenvalue weighted by atomic mass is 79.9. The summed E-state index contributed by atoms with van der Waals surface area (Å²) in [5.74, 6) is -0.593. The first-order valence-corrected chi connectivity index (χ1v) is 5.11.